The summed E-state index contributed by atoms with van der Waals surface area (Å²) < 4.78 is 65.9. The zero-order chi connectivity index (χ0) is 17.6. The molecular formula is C11H18F3N5O3S. The first-order valence-electron chi connectivity index (χ1n) is 6.86. The molecule has 23 heavy (non-hydrogen) atoms. The quantitative estimate of drug-likeness (QED) is 0.765. The predicted molar refractivity (Wildman–Crippen MR) is 74.9 cm³/mol. The van der Waals surface area contributed by atoms with Crippen LogP contribution in [-0.4, -0.2) is 58.6 Å². The van der Waals surface area contributed by atoms with Gasteiger partial charge in [-0.3, -0.25) is 4.57 Å². The van der Waals surface area contributed by atoms with Crippen molar-refractivity contribution in [2.75, 3.05) is 27.2 Å². The first-order chi connectivity index (χ1) is 10.5. The lowest BCUT2D eigenvalue weighted by molar-refractivity contribution is -0.147. The molecular weight excluding hydrogens is 339 g/mol. The molecule has 12 heteroatoms. The molecule has 1 fully saturated rings. The third-order valence-corrected chi connectivity index (χ3v) is 5.75. The summed E-state index contributed by atoms with van der Waals surface area (Å²) in [6, 6.07) is -0.557. The van der Waals surface area contributed by atoms with Gasteiger partial charge in [0.15, 0.2) is 0 Å². The number of hydrogen-bond acceptors (Lipinski definition) is 4. The minimum atomic E-state index is -4.71. The van der Waals surface area contributed by atoms with E-state index in [2.05, 4.69) is 5.10 Å². The van der Waals surface area contributed by atoms with Gasteiger partial charge in [0.25, 0.3) is 10.2 Å². The lowest BCUT2D eigenvalue weighted by atomic mass is 10.1. The molecule has 0 aromatic carbocycles. The summed E-state index contributed by atoms with van der Waals surface area (Å²) in [5.74, 6) is -1.26. The van der Waals surface area contributed by atoms with Crippen LogP contribution in [0.5, 0.6) is 0 Å². The number of alkyl halides is 3. The SMILES string of the molecule is CN(C)S(=O)(=O)N1CCC(n2nc(C(F)(F)F)n(C)c2=O)CC1. The summed E-state index contributed by atoms with van der Waals surface area (Å²) in [7, 11) is 0.252. The first kappa shape index (κ1) is 17.9. The molecule has 1 aliphatic heterocycles. The minimum absolute atomic E-state index is 0.121. The summed E-state index contributed by atoms with van der Waals surface area (Å²) in [6.07, 6.45) is -4.27. The van der Waals surface area contributed by atoms with E-state index in [9.17, 15) is 26.4 Å². The Balaban J connectivity index is 2.20. The van der Waals surface area contributed by atoms with Gasteiger partial charge in [0.1, 0.15) is 0 Å². The van der Waals surface area contributed by atoms with Crippen molar-refractivity contribution in [2.45, 2.75) is 25.1 Å². The topological polar surface area (TPSA) is 80.4 Å². The normalized spacial score (nSPS) is 18.7. The highest BCUT2D eigenvalue weighted by molar-refractivity contribution is 7.86. The van der Waals surface area contributed by atoms with E-state index in [1.165, 1.54) is 18.4 Å². The monoisotopic (exact) mass is 357 g/mol. The van der Waals surface area contributed by atoms with Crippen molar-refractivity contribution in [3.8, 4) is 0 Å². The Morgan fingerprint density at radius 2 is 1.74 bits per heavy atom. The van der Waals surface area contributed by atoms with Gasteiger partial charge < -0.3 is 0 Å². The number of nitrogens with zero attached hydrogens (tertiary/aromatic N) is 5. The zero-order valence-corrected chi connectivity index (χ0v) is 13.7. The van der Waals surface area contributed by atoms with Gasteiger partial charge in [-0.15, -0.1) is 5.10 Å². The summed E-state index contributed by atoms with van der Waals surface area (Å²) in [5.41, 5.74) is -0.855. The molecule has 0 unspecified atom stereocenters. The molecule has 0 atom stereocenters. The zero-order valence-electron chi connectivity index (χ0n) is 12.9. The fraction of sp³-hybridized carbons (Fsp3) is 0.818. The molecule has 0 spiro atoms. The Labute approximate surface area is 131 Å². The molecule has 132 valence electrons. The average Bonchev–Trinajstić information content (AvgIpc) is 2.75. The Morgan fingerprint density at radius 3 is 2.13 bits per heavy atom. The van der Waals surface area contributed by atoms with E-state index in [0.29, 0.717) is 4.57 Å². The lowest BCUT2D eigenvalue weighted by Gasteiger charge is -2.32. The van der Waals surface area contributed by atoms with Crippen molar-refractivity contribution < 1.29 is 21.6 Å². The third-order valence-electron chi connectivity index (χ3n) is 3.81. The molecule has 1 saturated heterocycles. The molecule has 1 aromatic rings. The summed E-state index contributed by atoms with van der Waals surface area (Å²) in [5, 5.41) is 3.39. The largest absolute Gasteiger partial charge is 0.451 e. The van der Waals surface area contributed by atoms with Crippen LogP contribution in [0, 0.1) is 0 Å². The van der Waals surface area contributed by atoms with Crippen LogP contribution in [0.4, 0.5) is 13.2 Å². The second-order valence-corrected chi connectivity index (χ2v) is 7.67. The van der Waals surface area contributed by atoms with Gasteiger partial charge >= 0.3 is 11.9 Å². The number of aromatic nitrogens is 3. The third kappa shape index (κ3) is 3.28. The van der Waals surface area contributed by atoms with Gasteiger partial charge in [0.05, 0.1) is 6.04 Å². The second kappa shape index (κ2) is 5.91. The van der Waals surface area contributed by atoms with E-state index < -0.39 is 33.9 Å². The smallest absolute Gasteiger partial charge is 0.274 e. The number of rotatable bonds is 3. The van der Waals surface area contributed by atoms with Crippen LogP contribution in [0.15, 0.2) is 4.79 Å². The van der Waals surface area contributed by atoms with Gasteiger partial charge in [0.2, 0.25) is 5.82 Å². The van der Waals surface area contributed by atoms with Crippen LogP contribution in [0.1, 0.15) is 24.7 Å². The molecule has 0 saturated carbocycles. The van der Waals surface area contributed by atoms with Crippen molar-refractivity contribution in [1.82, 2.24) is 23.0 Å². The highest BCUT2D eigenvalue weighted by atomic mass is 32.2. The highest BCUT2D eigenvalue weighted by Crippen LogP contribution is 2.28. The van der Waals surface area contributed by atoms with E-state index in [-0.39, 0.29) is 25.9 Å². The van der Waals surface area contributed by atoms with Crippen molar-refractivity contribution in [2.24, 2.45) is 7.05 Å². The van der Waals surface area contributed by atoms with Crippen LogP contribution in [0.2, 0.25) is 0 Å². The van der Waals surface area contributed by atoms with Crippen LogP contribution < -0.4 is 5.69 Å². The van der Waals surface area contributed by atoms with Crippen molar-refractivity contribution >= 4 is 10.2 Å². The van der Waals surface area contributed by atoms with Crippen LogP contribution >= 0.6 is 0 Å². The summed E-state index contributed by atoms with van der Waals surface area (Å²) in [6.45, 7) is 0.241. The van der Waals surface area contributed by atoms with Crippen LogP contribution in [-0.2, 0) is 23.4 Å². The van der Waals surface area contributed by atoms with Gasteiger partial charge in [-0.25, -0.2) is 9.48 Å². The molecule has 0 radical (unpaired) electrons. The summed E-state index contributed by atoms with van der Waals surface area (Å²) in [4.78, 5) is 11.9. The summed E-state index contributed by atoms with van der Waals surface area (Å²) >= 11 is 0. The number of piperidine rings is 1. The maximum absolute atomic E-state index is 12.8. The first-order valence-corrected chi connectivity index (χ1v) is 8.26. The van der Waals surface area contributed by atoms with Crippen LogP contribution in [0.25, 0.3) is 0 Å². The van der Waals surface area contributed by atoms with Gasteiger partial charge in [0, 0.05) is 34.2 Å². The second-order valence-electron chi connectivity index (χ2n) is 5.53. The van der Waals surface area contributed by atoms with Crippen molar-refractivity contribution in [3.63, 3.8) is 0 Å². The van der Waals surface area contributed by atoms with Crippen molar-refractivity contribution in [1.29, 1.82) is 0 Å². The molecule has 0 N–H and O–H groups in total. The van der Waals surface area contributed by atoms with Gasteiger partial charge in [-0.05, 0) is 12.8 Å². The average molecular weight is 357 g/mol. The number of hydrogen-bond donors (Lipinski definition) is 0. The van der Waals surface area contributed by atoms with E-state index in [0.717, 1.165) is 16.0 Å². The Hall–Kier alpha value is -1.40. The van der Waals surface area contributed by atoms with Crippen LogP contribution in [0.3, 0.4) is 0 Å². The minimum Gasteiger partial charge on any atom is -0.274 e. The lowest BCUT2D eigenvalue weighted by Crippen LogP contribution is -2.45. The molecule has 8 nitrogen and oxygen atoms in total. The molecule has 0 amide bonds. The van der Waals surface area contributed by atoms with Crippen molar-refractivity contribution in [3.05, 3.63) is 16.3 Å². The molecule has 2 rings (SSSR count). The maximum atomic E-state index is 12.8. The van der Waals surface area contributed by atoms with E-state index >= 15 is 0 Å². The van der Waals surface area contributed by atoms with E-state index in [1.807, 2.05) is 0 Å². The standard InChI is InChI=1S/C11H18F3N5O3S/c1-16(2)23(21,22)18-6-4-8(5-7-18)19-10(20)17(3)9(15-19)11(12,13)14/h8H,4-7H2,1-3H3. The molecule has 0 bridgehead atoms. The predicted octanol–water partition coefficient (Wildman–Crippen LogP) is 0.0439. The van der Waals surface area contributed by atoms with Gasteiger partial charge in [-0.2, -0.15) is 30.2 Å². The molecule has 2 heterocycles. The maximum Gasteiger partial charge on any atom is 0.451 e. The fourth-order valence-corrected chi connectivity index (χ4v) is 3.62. The van der Waals surface area contributed by atoms with E-state index in [1.54, 1.807) is 0 Å². The van der Waals surface area contributed by atoms with E-state index in [4.69, 9.17) is 0 Å². The molecule has 1 aliphatic rings. The fourth-order valence-electron chi connectivity index (χ4n) is 2.49. The molecule has 1 aromatic heterocycles. The Kier molecular flexibility index (Phi) is 4.61. The Bertz CT molecular complexity index is 729. The Morgan fingerprint density at radius 1 is 1.22 bits per heavy atom. The number of halogens is 3. The molecule has 0 aliphatic carbocycles. The highest BCUT2D eigenvalue weighted by Gasteiger charge is 2.39. The van der Waals surface area contributed by atoms with Gasteiger partial charge in [-0.1, -0.05) is 0 Å².